The number of fused-ring (bicyclic) bond motifs is 2. The van der Waals surface area contributed by atoms with Gasteiger partial charge in [0.2, 0.25) is 11.8 Å². The Morgan fingerprint density at radius 2 is 0.557 bits per heavy atom. The molecule has 14 nitrogen and oxygen atoms in total. The summed E-state index contributed by atoms with van der Waals surface area (Å²) in [5, 5.41) is 2.81. The number of hydrogen-bond donors (Lipinski definition) is 0. The second-order valence-electron chi connectivity index (χ2n) is 25.3. The molecular formula is C74H72N4O10. The minimum Gasteiger partial charge on any atom is -0.457 e. The van der Waals surface area contributed by atoms with Crippen LogP contribution >= 0.6 is 0 Å². The number of carbonyl (C=O) groups is 6. The van der Waals surface area contributed by atoms with Crippen molar-refractivity contribution in [1.29, 1.82) is 0 Å². The zero-order valence-corrected chi connectivity index (χ0v) is 51.2. The van der Waals surface area contributed by atoms with E-state index >= 15 is 19.2 Å². The van der Waals surface area contributed by atoms with E-state index in [-0.39, 0.29) is 91.5 Å². The van der Waals surface area contributed by atoms with Crippen molar-refractivity contribution in [3.63, 3.8) is 0 Å². The fourth-order valence-electron chi connectivity index (χ4n) is 13.2. The number of rotatable bonds is 16. The molecule has 0 aliphatic carbocycles. The molecule has 4 heterocycles. The highest BCUT2D eigenvalue weighted by molar-refractivity contribution is 6.45. The van der Waals surface area contributed by atoms with Crippen molar-refractivity contribution in [2.45, 2.75) is 118 Å². The summed E-state index contributed by atoms with van der Waals surface area (Å²) in [6.45, 7) is 18.0. The fraction of sp³-hybridized carbons (Fsp3) is 0.324. The number of carbonyl (C=O) groups excluding carboxylic acids is 6. The monoisotopic (exact) mass is 1180 g/mol. The highest BCUT2D eigenvalue weighted by Crippen LogP contribution is 2.58. The summed E-state index contributed by atoms with van der Waals surface area (Å²) in [6.07, 6.45) is 5.24. The van der Waals surface area contributed by atoms with Crippen LogP contribution in [0.2, 0.25) is 0 Å². The highest BCUT2D eigenvalue weighted by atomic mass is 16.5. The van der Waals surface area contributed by atoms with Gasteiger partial charge in [0.05, 0.1) is 22.3 Å². The molecule has 14 heteroatoms. The predicted octanol–water partition coefficient (Wildman–Crippen LogP) is 16.6. The Bertz CT molecular complexity index is 3780. The third kappa shape index (κ3) is 10.3. The van der Waals surface area contributed by atoms with Crippen LogP contribution in [0.25, 0.3) is 43.1 Å². The lowest BCUT2D eigenvalue weighted by Gasteiger charge is -2.34. The summed E-state index contributed by atoms with van der Waals surface area (Å²) in [5.41, 5.74) is 4.70. The molecule has 9 aromatic carbocycles. The lowest BCUT2D eigenvalue weighted by molar-refractivity contribution is -0.133. The van der Waals surface area contributed by atoms with Crippen LogP contribution < -0.4 is 18.9 Å². The van der Waals surface area contributed by atoms with Crippen molar-refractivity contribution in [2.75, 3.05) is 39.3 Å². The van der Waals surface area contributed by atoms with E-state index in [4.69, 9.17) is 18.9 Å². The number of piperidine rings is 2. The van der Waals surface area contributed by atoms with Crippen molar-refractivity contribution < 1.29 is 47.7 Å². The number of nitrogens with zero attached hydrogens (tertiary/aromatic N) is 4. The van der Waals surface area contributed by atoms with Crippen LogP contribution in [0.3, 0.4) is 0 Å². The summed E-state index contributed by atoms with van der Waals surface area (Å²) in [7, 11) is 0. The zero-order valence-electron chi connectivity index (χ0n) is 51.2. The van der Waals surface area contributed by atoms with Crippen molar-refractivity contribution in [2.24, 2.45) is 0 Å². The van der Waals surface area contributed by atoms with E-state index in [2.05, 4.69) is 55.4 Å². The molecule has 6 amide bonds. The topological polar surface area (TPSA) is 152 Å². The number of ether oxygens (including phenoxy) is 4. The standard InChI is InChI=1S/C74H72N4O10/c1-41(2)45-15-23-49(24-16-45)85-57-35-53-63-54(72(82)77(71(53)81)39-61(79)75-31-11-9-12-32-75)37-59(87-51-27-19-47(20-28-51)43(5)6)67-68-60(88-52-29-21-48(22-30-52)44(7)8)38-56-64-55(73(83)78(74(56)84)40-62(80)76-33-13-10-14-34-76)36-58(66(70(64)68)65(57)69(63)67)86-50-25-17-46(18-26-50)42(3)4/h15-30,35-38,41-44H,9-14,31-34,39-40H2,1-8H3. The van der Waals surface area contributed by atoms with Gasteiger partial charge in [-0.2, -0.15) is 0 Å². The average Bonchev–Trinajstić information content (AvgIpc) is 0.686. The number of benzene rings is 9. The zero-order chi connectivity index (χ0) is 61.4. The number of imide groups is 2. The first-order chi connectivity index (χ1) is 42.4. The first-order valence-corrected chi connectivity index (χ1v) is 31.2. The third-order valence-corrected chi connectivity index (χ3v) is 18.2. The second kappa shape index (κ2) is 23.1. The molecule has 448 valence electrons. The summed E-state index contributed by atoms with van der Waals surface area (Å²) in [5.74, 6) is -0.191. The van der Waals surface area contributed by atoms with Crippen LogP contribution in [0.5, 0.6) is 46.0 Å². The lowest BCUT2D eigenvalue weighted by atomic mass is 9.80. The van der Waals surface area contributed by atoms with E-state index in [1.54, 1.807) is 34.1 Å². The van der Waals surface area contributed by atoms with Gasteiger partial charge in [0.1, 0.15) is 59.1 Å². The lowest BCUT2D eigenvalue weighted by Crippen LogP contribution is -2.48. The Hall–Kier alpha value is -9.30. The van der Waals surface area contributed by atoms with E-state index in [9.17, 15) is 9.59 Å². The number of hydrogen-bond acceptors (Lipinski definition) is 10. The summed E-state index contributed by atoms with van der Waals surface area (Å²) < 4.78 is 28.8. The molecule has 0 atom stereocenters. The first-order valence-electron chi connectivity index (χ1n) is 31.2. The third-order valence-electron chi connectivity index (χ3n) is 18.2. The van der Waals surface area contributed by atoms with Gasteiger partial charge in [-0.3, -0.25) is 38.6 Å². The summed E-state index contributed by atoms with van der Waals surface area (Å²) >= 11 is 0. The van der Waals surface area contributed by atoms with Crippen LogP contribution in [0.15, 0.2) is 121 Å². The van der Waals surface area contributed by atoms with E-state index in [1.807, 2.05) is 97.1 Å². The number of amides is 6. The summed E-state index contributed by atoms with van der Waals surface area (Å²) in [6, 6.07) is 37.4. The number of likely N-dealkylation sites (tertiary alicyclic amines) is 2. The Labute approximate surface area is 512 Å². The maximum atomic E-state index is 15.7. The molecule has 88 heavy (non-hydrogen) atoms. The smallest absolute Gasteiger partial charge is 0.262 e. The van der Waals surface area contributed by atoms with E-state index in [0.717, 1.165) is 70.6 Å². The molecule has 0 N–H and O–H groups in total. The highest BCUT2D eigenvalue weighted by Gasteiger charge is 2.43. The molecule has 2 fully saturated rings. The van der Waals surface area contributed by atoms with Crippen molar-refractivity contribution in [1.82, 2.24) is 19.6 Å². The van der Waals surface area contributed by atoms with Crippen molar-refractivity contribution >= 4 is 78.5 Å². The largest absolute Gasteiger partial charge is 0.457 e. The molecule has 0 radical (unpaired) electrons. The molecule has 0 bridgehead atoms. The minimum absolute atomic E-state index is 0.106. The normalized spacial score (nSPS) is 15.4. The SMILES string of the molecule is CC(C)c1ccc(Oc2cc3c4c(cc(Oc5ccc(C(C)C)cc5)c5c6c(Oc7ccc(C(C)C)cc7)cc7c8c(cc(Oc9ccc(C(C)C)cc9)c(c2c45)c86)C(=O)N(CC(=O)N2CCCCC2)C7=O)C(=O)N(CC(=O)N2CCCCC2)C3=O)cc1. The van der Waals surface area contributed by atoms with Crippen LogP contribution in [0.4, 0.5) is 0 Å². The van der Waals surface area contributed by atoms with Crippen LogP contribution in [-0.2, 0) is 9.59 Å². The maximum Gasteiger partial charge on any atom is 0.262 e. The Morgan fingerprint density at radius 1 is 0.330 bits per heavy atom. The molecule has 2 saturated heterocycles. The Balaban J connectivity index is 1.18. The Morgan fingerprint density at radius 3 is 0.773 bits per heavy atom. The molecule has 0 unspecified atom stereocenters. The molecule has 4 aliphatic heterocycles. The molecule has 0 aromatic heterocycles. The molecule has 0 spiro atoms. The molecular weight excluding hydrogens is 1100 g/mol. The minimum atomic E-state index is -0.687. The first kappa shape index (κ1) is 57.8. The van der Waals surface area contributed by atoms with Gasteiger partial charge >= 0.3 is 0 Å². The van der Waals surface area contributed by atoms with Gasteiger partial charge in [0.15, 0.2) is 0 Å². The van der Waals surface area contributed by atoms with Gasteiger partial charge in [0, 0.05) is 69.3 Å². The van der Waals surface area contributed by atoms with Crippen molar-refractivity contribution in [3.05, 3.63) is 166 Å². The van der Waals surface area contributed by atoms with Gasteiger partial charge in [-0.25, -0.2) is 0 Å². The molecule has 13 rings (SSSR count). The van der Waals surface area contributed by atoms with Crippen molar-refractivity contribution in [3.8, 4) is 46.0 Å². The quantitative estimate of drug-likeness (QED) is 0.0519. The van der Waals surface area contributed by atoms with Crippen LogP contribution in [0, 0.1) is 0 Å². The van der Waals surface area contributed by atoms with E-state index in [1.165, 1.54) is 0 Å². The van der Waals surface area contributed by atoms with Gasteiger partial charge in [-0.05, 0) is 157 Å². The predicted molar refractivity (Wildman–Crippen MR) is 342 cm³/mol. The molecule has 0 saturated carbocycles. The van der Waals surface area contributed by atoms with Crippen LogP contribution in [0.1, 0.15) is 181 Å². The van der Waals surface area contributed by atoms with Gasteiger partial charge in [-0.15, -0.1) is 0 Å². The summed E-state index contributed by atoms with van der Waals surface area (Å²) in [4.78, 5) is 96.7. The van der Waals surface area contributed by atoms with Gasteiger partial charge in [-0.1, -0.05) is 104 Å². The van der Waals surface area contributed by atoms with E-state index in [0.29, 0.717) is 81.5 Å². The van der Waals surface area contributed by atoms with Gasteiger partial charge < -0.3 is 28.7 Å². The Kier molecular flexibility index (Phi) is 15.2. The molecule has 9 aromatic rings. The molecule has 4 aliphatic rings. The average molecular weight is 1180 g/mol. The second-order valence-corrected chi connectivity index (χ2v) is 25.3. The van der Waals surface area contributed by atoms with Gasteiger partial charge in [0.25, 0.3) is 23.6 Å². The maximum absolute atomic E-state index is 15.7. The fourth-order valence-corrected chi connectivity index (χ4v) is 13.2. The van der Waals surface area contributed by atoms with E-state index < -0.39 is 36.7 Å². The van der Waals surface area contributed by atoms with Crippen LogP contribution in [-0.4, -0.2) is 94.3 Å².